The number of carboxylic acids is 2. The summed E-state index contributed by atoms with van der Waals surface area (Å²) in [5.74, 6) is -3.22. The summed E-state index contributed by atoms with van der Waals surface area (Å²) in [5, 5.41) is 17.8. The third-order valence-corrected chi connectivity index (χ3v) is 3.50. The zero-order chi connectivity index (χ0) is 16.0. The molecule has 3 unspecified atom stereocenters. The fourth-order valence-corrected chi connectivity index (χ4v) is 2.38. The van der Waals surface area contributed by atoms with E-state index in [1.807, 2.05) is 6.92 Å². The van der Waals surface area contributed by atoms with Crippen LogP contribution in [0.5, 0.6) is 0 Å². The van der Waals surface area contributed by atoms with Crippen LogP contribution in [-0.2, 0) is 19.1 Å². The first kappa shape index (κ1) is 17.4. The normalized spacial score (nSPS) is 22.8. The third kappa shape index (κ3) is 4.68. The van der Waals surface area contributed by atoms with Crippen LogP contribution in [0.25, 0.3) is 0 Å². The standard InChI is InChI=1S/C13H22N2O6/c1-2-5-15(10-7-21-6-8(10)13(19)20)12(18)9(14)3-4-11(16)17/h8-10H,2-7,14H2,1H3,(H,16,17)(H,19,20). The quantitative estimate of drug-likeness (QED) is 0.552. The van der Waals surface area contributed by atoms with Gasteiger partial charge in [-0.2, -0.15) is 0 Å². The minimum absolute atomic E-state index is 0.0275. The number of nitrogens with zero attached hydrogens (tertiary/aromatic N) is 1. The summed E-state index contributed by atoms with van der Waals surface area (Å²) < 4.78 is 5.18. The average Bonchev–Trinajstić information content (AvgIpc) is 2.90. The Morgan fingerprint density at radius 2 is 2.00 bits per heavy atom. The molecule has 8 heteroatoms. The van der Waals surface area contributed by atoms with Crippen molar-refractivity contribution in [3.8, 4) is 0 Å². The number of carbonyl (C=O) groups is 3. The first-order valence-electron chi connectivity index (χ1n) is 6.96. The molecule has 0 aliphatic carbocycles. The Kier molecular flexibility index (Phi) is 6.57. The Morgan fingerprint density at radius 3 is 2.52 bits per heavy atom. The highest BCUT2D eigenvalue weighted by Crippen LogP contribution is 2.21. The van der Waals surface area contributed by atoms with Gasteiger partial charge in [-0.1, -0.05) is 6.92 Å². The number of ether oxygens (including phenoxy) is 1. The van der Waals surface area contributed by atoms with Crippen molar-refractivity contribution in [3.63, 3.8) is 0 Å². The van der Waals surface area contributed by atoms with Crippen LogP contribution in [0, 0.1) is 5.92 Å². The van der Waals surface area contributed by atoms with Gasteiger partial charge in [-0.05, 0) is 12.8 Å². The third-order valence-electron chi connectivity index (χ3n) is 3.50. The van der Waals surface area contributed by atoms with E-state index >= 15 is 0 Å². The minimum Gasteiger partial charge on any atom is -0.481 e. The number of hydrogen-bond acceptors (Lipinski definition) is 5. The molecule has 1 aliphatic heterocycles. The second-order valence-corrected chi connectivity index (χ2v) is 5.12. The molecule has 0 aromatic carbocycles. The lowest BCUT2D eigenvalue weighted by atomic mass is 10.0. The summed E-state index contributed by atoms with van der Waals surface area (Å²) >= 11 is 0. The van der Waals surface area contributed by atoms with E-state index in [9.17, 15) is 19.5 Å². The molecule has 1 fully saturated rings. The molecule has 1 rings (SSSR count). The summed E-state index contributed by atoms with van der Waals surface area (Å²) in [6.07, 6.45) is 0.482. The van der Waals surface area contributed by atoms with Crippen molar-refractivity contribution in [1.82, 2.24) is 4.90 Å². The minimum atomic E-state index is -1.02. The second-order valence-electron chi connectivity index (χ2n) is 5.12. The van der Waals surface area contributed by atoms with E-state index in [4.69, 9.17) is 15.6 Å². The van der Waals surface area contributed by atoms with Gasteiger partial charge in [-0.25, -0.2) is 0 Å². The highest BCUT2D eigenvalue weighted by molar-refractivity contribution is 5.83. The van der Waals surface area contributed by atoms with Crippen molar-refractivity contribution in [2.45, 2.75) is 38.3 Å². The molecule has 1 saturated heterocycles. The number of carboxylic acid groups (broad SMARTS) is 2. The van der Waals surface area contributed by atoms with Gasteiger partial charge in [-0.3, -0.25) is 14.4 Å². The number of carbonyl (C=O) groups excluding carboxylic acids is 1. The summed E-state index contributed by atoms with van der Waals surface area (Å²) in [5.41, 5.74) is 5.74. The van der Waals surface area contributed by atoms with Crippen molar-refractivity contribution >= 4 is 17.8 Å². The molecule has 8 nitrogen and oxygen atoms in total. The summed E-state index contributed by atoms with van der Waals surface area (Å²) in [6.45, 7) is 2.47. The van der Waals surface area contributed by atoms with Crippen LogP contribution in [0.1, 0.15) is 26.2 Å². The van der Waals surface area contributed by atoms with Crippen molar-refractivity contribution < 1.29 is 29.3 Å². The maximum atomic E-state index is 12.4. The Morgan fingerprint density at radius 1 is 1.33 bits per heavy atom. The Balaban J connectivity index is 2.77. The SMILES string of the molecule is CCCN(C(=O)C(N)CCC(=O)O)C1COCC1C(=O)O. The lowest BCUT2D eigenvalue weighted by Gasteiger charge is -2.32. The number of amides is 1. The fraction of sp³-hybridized carbons (Fsp3) is 0.769. The van der Waals surface area contributed by atoms with Gasteiger partial charge < -0.3 is 25.6 Å². The van der Waals surface area contributed by atoms with E-state index in [-0.39, 0.29) is 26.1 Å². The van der Waals surface area contributed by atoms with Crippen molar-refractivity contribution in [1.29, 1.82) is 0 Å². The second kappa shape index (κ2) is 7.94. The molecule has 1 amide bonds. The van der Waals surface area contributed by atoms with Gasteiger partial charge in [0.1, 0.15) is 5.92 Å². The number of aliphatic carboxylic acids is 2. The van der Waals surface area contributed by atoms with E-state index in [0.29, 0.717) is 13.0 Å². The van der Waals surface area contributed by atoms with Crippen LogP contribution in [0.4, 0.5) is 0 Å². The van der Waals surface area contributed by atoms with Crippen molar-refractivity contribution in [3.05, 3.63) is 0 Å². The smallest absolute Gasteiger partial charge is 0.311 e. The molecule has 3 atom stereocenters. The lowest BCUT2D eigenvalue weighted by Crippen LogP contribution is -2.52. The molecule has 1 aliphatic rings. The van der Waals surface area contributed by atoms with E-state index in [1.165, 1.54) is 4.90 Å². The van der Waals surface area contributed by atoms with E-state index in [2.05, 4.69) is 0 Å². The molecule has 0 radical (unpaired) electrons. The Hall–Kier alpha value is -1.67. The summed E-state index contributed by atoms with van der Waals surface area (Å²) in [7, 11) is 0. The fourth-order valence-electron chi connectivity index (χ4n) is 2.38. The largest absolute Gasteiger partial charge is 0.481 e. The molecule has 4 N–H and O–H groups in total. The maximum absolute atomic E-state index is 12.4. The Labute approximate surface area is 122 Å². The first-order chi connectivity index (χ1) is 9.88. The molecule has 0 spiro atoms. The van der Waals surface area contributed by atoms with Crippen LogP contribution in [0.2, 0.25) is 0 Å². The number of nitrogens with two attached hydrogens (primary N) is 1. The molecular weight excluding hydrogens is 280 g/mol. The summed E-state index contributed by atoms with van der Waals surface area (Å²) in [4.78, 5) is 35.5. The van der Waals surface area contributed by atoms with Crippen LogP contribution in [-0.4, -0.2) is 64.8 Å². The summed E-state index contributed by atoms with van der Waals surface area (Å²) in [6, 6.07) is -1.49. The van der Waals surface area contributed by atoms with E-state index < -0.39 is 35.8 Å². The van der Waals surface area contributed by atoms with E-state index in [1.54, 1.807) is 0 Å². The molecule has 120 valence electrons. The van der Waals surface area contributed by atoms with Crippen LogP contribution >= 0.6 is 0 Å². The maximum Gasteiger partial charge on any atom is 0.311 e. The highest BCUT2D eigenvalue weighted by Gasteiger charge is 2.40. The zero-order valence-electron chi connectivity index (χ0n) is 12.0. The molecule has 21 heavy (non-hydrogen) atoms. The molecule has 1 heterocycles. The van der Waals surface area contributed by atoms with Gasteiger partial charge in [0.25, 0.3) is 0 Å². The predicted molar refractivity (Wildman–Crippen MR) is 72.6 cm³/mol. The average molecular weight is 302 g/mol. The molecular formula is C13H22N2O6. The number of hydrogen-bond donors (Lipinski definition) is 3. The lowest BCUT2D eigenvalue weighted by molar-refractivity contribution is -0.145. The van der Waals surface area contributed by atoms with Crippen molar-refractivity contribution in [2.75, 3.05) is 19.8 Å². The van der Waals surface area contributed by atoms with Crippen LogP contribution in [0.3, 0.4) is 0 Å². The zero-order valence-corrected chi connectivity index (χ0v) is 12.0. The molecule has 0 saturated carbocycles. The molecule has 0 bridgehead atoms. The molecule has 0 aromatic heterocycles. The Bertz CT molecular complexity index is 400. The van der Waals surface area contributed by atoms with Gasteiger partial charge in [0.15, 0.2) is 0 Å². The highest BCUT2D eigenvalue weighted by atomic mass is 16.5. The monoisotopic (exact) mass is 302 g/mol. The molecule has 0 aromatic rings. The van der Waals surface area contributed by atoms with Gasteiger partial charge in [0, 0.05) is 13.0 Å². The topological polar surface area (TPSA) is 130 Å². The van der Waals surface area contributed by atoms with Crippen molar-refractivity contribution in [2.24, 2.45) is 11.7 Å². The van der Waals surface area contributed by atoms with Gasteiger partial charge in [0.2, 0.25) is 5.91 Å². The van der Waals surface area contributed by atoms with Gasteiger partial charge in [-0.15, -0.1) is 0 Å². The van der Waals surface area contributed by atoms with Gasteiger partial charge >= 0.3 is 11.9 Å². The first-order valence-corrected chi connectivity index (χ1v) is 6.96. The predicted octanol–water partition coefficient (Wildman–Crippen LogP) is -0.483. The van der Waals surface area contributed by atoms with Gasteiger partial charge in [0.05, 0.1) is 25.3 Å². The number of rotatable bonds is 8. The van der Waals surface area contributed by atoms with Crippen LogP contribution < -0.4 is 5.73 Å². The van der Waals surface area contributed by atoms with E-state index in [0.717, 1.165) is 0 Å². The van der Waals surface area contributed by atoms with Crippen LogP contribution in [0.15, 0.2) is 0 Å².